The Kier molecular flexibility index (Phi) is 6.40. The van der Waals surface area contributed by atoms with Gasteiger partial charge in [-0.2, -0.15) is 15.2 Å². The Labute approximate surface area is 172 Å². The molecular formula is C17H16F3N9O2. The summed E-state index contributed by atoms with van der Waals surface area (Å²) in [5.41, 5.74) is 2.52. The summed E-state index contributed by atoms with van der Waals surface area (Å²) < 4.78 is 42.1. The molecule has 0 fully saturated rings. The van der Waals surface area contributed by atoms with E-state index in [1.807, 2.05) is 4.98 Å². The second-order valence-corrected chi connectivity index (χ2v) is 6.28. The lowest BCUT2D eigenvalue weighted by Gasteiger charge is -2.28. The molecule has 3 heterocycles. The number of halogens is 3. The van der Waals surface area contributed by atoms with Gasteiger partial charge in [0.15, 0.2) is 11.6 Å². The largest absolute Gasteiger partial charge is 0.381 e. The maximum atomic E-state index is 14.1. The van der Waals surface area contributed by atoms with Crippen LogP contribution in [0.4, 0.5) is 19.0 Å². The molecule has 0 bridgehead atoms. The first kappa shape index (κ1) is 21.6. The number of hydrogen-bond donors (Lipinski definition) is 3. The standard InChI is InChI=1S/C13H12F2N6O.C4H4FN3O/c14-10-1-2-11(12(15)3-10)13(22,4-20-8-16-6-18-20)5-21-9-17-7-19-21;5-2-1-7-4(9)8-3(2)6/h1-3,6-9,22H,4-5H2;1H,(H3,6,7,8,9). The van der Waals surface area contributed by atoms with E-state index in [0.717, 1.165) is 18.3 Å². The van der Waals surface area contributed by atoms with Gasteiger partial charge >= 0.3 is 5.69 Å². The summed E-state index contributed by atoms with van der Waals surface area (Å²) in [5.74, 6) is -2.65. The van der Waals surface area contributed by atoms with Crippen LogP contribution in [0.15, 0.2) is 54.5 Å². The van der Waals surface area contributed by atoms with E-state index in [1.54, 1.807) is 0 Å². The van der Waals surface area contributed by atoms with Gasteiger partial charge in [0, 0.05) is 17.8 Å². The van der Waals surface area contributed by atoms with Crippen molar-refractivity contribution in [1.82, 2.24) is 39.5 Å². The van der Waals surface area contributed by atoms with Crippen molar-refractivity contribution >= 4 is 5.82 Å². The number of rotatable bonds is 5. The van der Waals surface area contributed by atoms with Crippen molar-refractivity contribution in [3.05, 3.63) is 83.2 Å². The Morgan fingerprint density at radius 3 is 2.10 bits per heavy atom. The first-order valence-electron chi connectivity index (χ1n) is 8.60. The third kappa shape index (κ3) is 5.51. The van der Waals surface area contributed by atoms with Gasteiger partial charge in [-0.1, -0.05) is 6.07 Å². The van der Waals surface area contributed by atoms with Crippen LogP contribution in [0.1, 0.15) is 5.56 Å². The van der Waals surface area contributed by atoms with E-state index in [4.69, 9.17) is 5.73 Å². The molecule has 4 N–H and O–H groups in total. The summed E-state index contributed by atoms with van der Waals surface area (Å²) in [6.45, 7) is -0.148. The Morgan fingerprint density at radius 2 is 1.65 bits per heavy atom. The molecule has 11 nitrogen and oxygen atoms in total. The van der Waals surface area contributed by atoms with E-state index in [-0.39, 0.29) is 24.5 Å². The van der Waals surface area contributed by atoms with Crippen LogP contribution in [0.25, 0.3) is 0 Å². The lowest BCUT2D eigenvalue weighted by atomic mass is 9.93. The van der Waals surface area contributed by atoms with Crippen molar-refractivity contribution in [1.29, 1.82) is 0 Å². The third-order valence-electron chi connectivity index (χ3n) is 4.00. The highest BCUT2D eigenvalue weighted by Crippen LogP contribution is 2.28. The number of nitrogen functional groups attached to an aromatic ring is 1. The average molecular weight is 435 g/mol. The van der Waals surface area contributed by atoms with E-state index >= 15 is 0 Å². The smallest absolute Gasteiger partial charge is 0.347 e. The normalized spacial score (nSPS) is 11.1. The maximum Gasteiger partial charge on any atom is 0.347 e. The molecule has 0 unspecified atom stereocenters. The minimum absolute atomic E-state index is 0.0556. The fourth-order valence-electron chi connectivity index (χ4n) is 2.65. The summed E-state index contributed by atoms with van der Waals surface area (Å²) in [6.07, 6.45) is 6.26. The zero-order valence-electron chi connectivity index (χ0n) is 15.7. The molecule has 0 radical (unpaired) electrons. The predicted molar refractivity (Wildman–Crippen MR) is 99.5 cm³/mol. The summed E-state index contributed by atoms with van der Waals surface area (Å²) in [6, 6.07) is 3.02. The van der Waals surface area contributed by atoms with Crippen LogP contribution in [0.3, 0.4) is 0 Å². The van der Waals surface area contributed by atoms with Crippen molar-refractivity contribution in [2.24, 2.45) is 0 Å². The van der Waals surface area contributed by atoms with Crippen molar-refractivity contribution in [3.63, 3.8) is 0 Å². The summed E-state index contributed by atoms with van der Waals surface area (Å²) in [5, 5.41) is 18.8. The minimum Gasteiger partial charge on any atom is -0.381 e. The highest BCUT2D eigenvalue weighted by molar-refractivity contribution is 5.26. The Hall–Kier alpha value is -4.07. The highest BCUT2D eigenvalue weighted by Gasteiger charge is 2.34. The van der Waals surface area contributed by atoms with E-state index in [1.165, 1.54) is 40.7 Å². The Balaban J connectivity index is 0.000000254. The molecule has 14 heteroatoms. The van der Waals surface area contributed by atoms with Gasteiger partial charge < -0.3 is 15.8 Å². The Morgan fingerprint density at radius 1 is 1.03 bits per heavy atom. The van der Waals surface area contributed by atoms with Crippen molar-refractivity contribution in [2.75, 3.05) is 5.73 Å². The quantitative estimate of drug-likeness (QED) is 0.403. The second kappa shape index (κ2) is 9.17. The predicted octanol–water partition coefficient (Wildman–Crippen LogP) is 0.227. The number of nitrogens with two attached hydrogens (primary N) is 1. The van der Waals surface area contributed by atoms with Gasteiger partial charge in [0.05, 0.1) is 13.1 Å². The number of nitrogens with zero attached hydrogens (tertiary/aromatic N) is 7. The average Bonchev–Trinajstić information content (AvgIpc) is 3.39. The molecule has 1 aromatic carbocycles. The van der Waals surface area contributed by atoms with E-state index in [9.17, 15) is 23.1 Å². The fraction of sp³-hybridized carbons (Fsp3) is 0.176. The summed E-state index contributed by atoms with van der Waals surface area (Å²) >= 11 is 0. The number of benzene rings is 1. The number of aliphatic hydroxyl groups is 1. The molecule has 0 amide bonds. The molecule has 0 saturated heterocycles. The van der Waals surface area contributed by atoms with E-state index < -0.39 is 28.7 Å². The van der Waals surface area contributed by atoms with Gasteiger partial charge in [-0.3, -0.25) is 0 Å². The monoisotopic (exact) mass is 435 g/mol. The molecule has 0 aliphatic heterocycles. The lowest BCUT2D eigenvalue weighted by Crippen LogP contribution is -2.37. The topological polar surface area (TPSA) is 153 Å². The molecule has 0 atom stereocenters. The number of aromatic nitrogens is 8. The van der Waals surface area contributed by atoms with Gasteiger partial charge in [-0.05, 0) is 6.07 Å². The van der Waals surface area contributed by atoms with Gasteiger partial charge in [0.2, 0.25) is 0 Å². The number of H-pyrrole nitrogens is 1. The van der Waals surface area contributed by atoms with Gasteiger partial charge in [-0.25, -0.2) is 37.3 Å². The van der Waals surface area contributed by atoms with Crippen molar-refractivity contribution in [2.45, 2.75) is 18.7 Å². The van der Waals surface area contributed by atoms with Crippen LogP contribution in [0.5, 0.6) is 0 Å². The molecule has 0 aliphatic rings. The first-order valence-corrected chi connectivity index (χ1v) is 8.60. The molecule has 3 aromatic heterocycles. The van der Waals surface area contributed by atoms with Gasteiger partial charge in [-0.15, -0.1) is 0 Å². The van der Waals surface area contributed by atoms with E-state index in [0.29, 0.717) is 0 Å². The third-order valence-corrected chi connectivity index (χ3v) is 4.00. The fourth-order valence-corrected chi connectivity index (χ4v) is 2.65. The number of hydrogen-bond acceptors (Lipinski definition) is 8. The van der Waals surface area contributed by atoms with E-state index in [2.05, 4.69) is 25.1 Å². The minimum atomic E-state index is -1.70. The highest BCUT2D eigenvalue weighted by atomic mass is 19.1. The maximum absolute atomic E-state index is 14.1. The molecule has 0 saturated carbocycles. The van der Waals surface area contributed by atoms with Crippen LogP contribution in [-0.2, 0) is 18.7 Å². The zero-order valence-corrected chi connectivity index (χ0v) is 15.7. The Bertz CT molecular complexity index is 1140. The molecular weight excluding hydrogens is 419 g/mol. The van der Waals surface area contributed by atoms with Gasteiger partial charge in [0.1, 0.15) is 42.5 Å². The summed E-state index contributed by atoms with van der Waals surface area (Å²) in [7, 11) is 0. The zero-order chi connectivity index (χ0) is 22.4. The number of nitrogens with one attached hydrogen (secondary N) is 1. The first-order chi connectivity index (χ1) is 14.8. The SMILES string of the molecule is Nc1nc(=O)[nH]cc1F.OC(Cn1cncn1)(Cn1cncn1)c1ccc(F)cc1F. The summed E-state index contributed by atoms with van der Waals surface area (Å²) in [4.78, 5) is 22.9. The van der Waals surface area contributed by atoms with Crippen molar-refractivity contribution < 1.29 is 18.3 Å². The lowest BCUT2D eigenvalue weighted by molar-refractivity contribution is -0.00855. The van der Waals surface area contributed by atoms with Crippen LogP contribution in [-0.4, -0.2) is 44.6 Å². The van der Waals surface area contributed by atoms with Crippen LogP contribution >= 0.6 is 0 Å². The molecule has 4 rings (SSSR count). The molecule has 162 valence electrons. The van der Waals surface area contributed by atoms with Gasteiger partial charge in [0.25, 0.3) is 0 Å². The molecule has 0 aliphatic carbocycles. The van der Waals surface area contributed by atoms with Crippen molar-refractivity contribution in [3.8, 4) is 0 Å². The van der Waals surface area contributed by atoms with Crippen LogP contribution in [0.2, 0.25) is 0 Å². The number of anilines is 1. The van der Waals surface area contributed by atoms with Crippen LogP contribution in [0, 0.1) is 17.5 Å². The number of aromatic amines is 1. The second-order valence-electron chi connectivity index (χ2n) is 6.28. The molecule has 4 aromatic rings. The molecule has 0 spiro atoms. The molecule has 31 heavy (non-hydrogen) atoms. The van der Waals surface area contributed by atoms with Crippen LogP contribution < -0.4 is 11.4 Å².